The first-order valence-electron chi connectivity index (χ1n) is 10.9. The Hall–Kier alpha value is -2.49. The van der Waals surface area contributed by atoms with Gasteiger partial charge in [0.1, 0.15) is 17.9 Å². The van der Waals surface area contributed by atoms with E-state index >= 15 is 0 Å². The number of nitrogen functional groups attached to an aromatic ring is 1. The van der Waals surface area contributed by atoms with Crippen molar-refractivity contribution in [1.29, 1.82) is 0 Å². The van der Waals surface area contributed by atoms with Crippen LogP contribution in [0.5, 0.6) is 0 Å². The highest BCUT2D eigenvalue weighted by atomic mass is 19.1. The van der Waals surface area contributed by atoms with E-state index in [0.717, 1.165) is 24.3 Å². The molecule has 0 spiro atoms. The van der Waals surface area contributed by atoms with Gasteiger partial charge in [-0.15, -0.1) is 0 Å². The zero-order valence-corrected chi connectivity index (χ0v) is 17.9. The fourth-order valence-corrected chi connectivity index (χ4v) is 4.18. The predicted octanol–water partition coefficient (Wildman–Crippen LogP) is 7.44. The molecule has 162 valence electrons. The maximum absolute atomic E-state index is 14.7. The van der Waals surface area contributed by atoms with Crippen molar-refractivity contribution in [1.82, 2.24) is 0 Å². The summed E-state index contributed by atoms with van der Waals surface area (Å²) >= 11 is 0. The first-order valence-corrected chi connectivity index (χ1v) is 10.9. The number of unbranched alkanes of at least 4 members (excludes halogenated alkanes) is 2. The molecule has 1 fully saturated rings. The number of hydrogen-bond donors (Lipinski definition) is 1. The Bertz CT molecular complexity index is 820. The van der Waals surface area contributed by atoms with Gasteiger partial charge in [-0.05, 0) is 72.9 Å². The molecule has 0 aliphatic heterocycles. The largest absolute Gasteiger partial charge is 0.396 e. The van der Waals surface area contributed by atoms with Crippen LogP contribution in [0, 0.1) is 17.6 Å². The van der Waals surface area contributed by atoms with Crippen LogP contribution >= 0.6 is 0 Å². The van der Waals surface area contributed by atoms with Crippen molar-refractivity contribution >= 4 is 12.0 Å². The zero-order valence-electron chi connectivity index (χ0n) is 17.9. The summed E-state index contributed by atoms with van der Waals surface area (Å²) in [6, 6.07) is 9.88. The molecule has 1 aliphatic rings. The van der Waals surface area contributed by atoms with Crippen molar-refractivity contribution < 1.29 is 13.6 Å². The molecule has 1 saturated carbocycles. The number of carbonyl (C=O) groups is 1. The van der Waals surface area contributed by atoms with Crippen LogP contribution in [0.1, 0.15) is 69.8 Å². The summed E-state index contributed by atoms with van der Waals surface area (Å²) in [6.45, 7) is 5.36. The molecular weight excluding hydrogens is 380 g/mol. The van der Waals surface area contributed by atoms with Crippen molar-refractivity contribution in [2.24, 2.45) is 5.92 Å². The van der Waals surface area contributed by atoms with E-state index in [2.05, 4.69) is 13.5 Å². The molecule has 30 heavy (non-hydrogen) atoms. The van der Waals surface area contributed by atoms with Gasteiger partial charge in [0.05, 0.1) is 5.69 Å². The topological polar surface area (TPSA) is 43.1 Å². The van der Waals surface area contributed by atoms with E-state index in [0.29, 0.717) is 23.3 Å². The Balaban J connectivity index is 0.000000735. The quantitative estimate of drug-likeness (QED) is 0.222. The monoisotopic (exact) mass is 413 g/mol. The summed E-state index contributed by atoms with van der Waals surface area (Å²) in [7, 11) is 0. The fourth-order valence-electron chi connectivity index (χ4n) is 4.18. The molecule has 3 rings (SSSR count). The third-order valence-corrected chi connectivity index (χ3v) is 5.93. The van der Waals surface area contributed by atoms with Crippen LogP contribution in [-0.4, -0.2) is 6.29 Å². The molecular formula is C26H33F2NO. The molecule has 0 atom stereocenters. The molecule has 0 bridgehead atoms. The molecule has 0 saturated heterocycles. The van der Waals surface area contributed by atoms with Crippen LogP contribution in [0.4, 0.5) is 14.5 Å². The van der Waals surface area contributed by atoms with Gasteiger partial charge < -0.3 is 5.73 Å². The Morgan fingerprint density at radius 1 is 1.03 bits per heavy atom. The van der Waals surface area contributed by atoms with E-state index in [1.54, 1.807) is 18.2 Å². The SMILES string of the molecule is C=CC=O.CCCCCC1CCC(c2ccc(-c3ccc(N)c(F)c3)c(F)c2)CC1. The number of rotatable bonds is 7. The molecule has 2 aromatic carbocycles. The van der Waals surface area contributed by atoms with Gasteiger partial charge in [0.25, 0.3) is 0 Å². The molecule has 0 amide bonds. The van der Waals surface area contributed by atoms with E-state index in [1.165, 1.54) is 56.7 Å². The summed E-state index contributed by atoms with van der Waals surface area (Å²) in [6.07, 6.45) is 11.9. The Labute approximate surface area is 179 Å². The van der Waals surface area contributed by atoms with E-state index in [4.69, 9.17) is 10.5 Å². The van der Waals surface area contributed by atoms with Crippen LogP contribution < -0.4 is 5.73 Å². The summed E-state index contributed by atoms with van der Waals surface area (Å²) in [5.41, 5.74) is 7.63. The lowest BCUT2D eigenvalue weighted by Crippen LogP contribution is -2.13. The molecule has 0 radical (unpaired) electrons. The van der Waals surface area contributed by atoms with Crippen molar-refractivity contribution in [3.05, 3.63) is 66.3 Å². The average molecular weight is 414 g/mol. The van der Waals surface area contributed by atoms with Crippen molar-refractivity contribution in [3.63, 3.8) is 0 Å². The number of aldehydes is 1. The molecule has 2 N–H and O–H groups in total. The first kappa shape index (κ1) is 23.8. The summed E-state index contributed by atoms with van der Waals surface area (Å²) in [5, 5.41) is 0. The molecule has 4 heteroatoms. The minimum absolute atomic E-state index is 0.0847. The van der Waals surface area contributed by atoms with Crippen LogP contribution in [0.25, 0.3) is 11.1 Å². The van der Waals surface area contributed by atoms with Gasteiger partial charge in [-0.1, -0.05) is 57.4 Å². The number of anilines is 1. The summed E-state index contributed by atoms with van der Waals surface area (Å²) in [5.74, 6) is 0.507. The van der Waals surface area contributed by atoms with Gasteiger partial charge in [0.15, 0.2) is 0 Å². The molecule has 1 aliphatic carbocycles. The van der Waals surface area contributed by atoms with E-state index in [1.807, 2.05) is 6.07 Å². The number of halogens is 2. The highest BCUT2D eigenvalue weighted by molar-refractivity contribution is 5.67. The van der Waals surface area contributed by atoms with Crippen LogP contribution in [0.2, 0.25) is 0 Å². The Morgan fingerprint density at radius 3 is 2.30 bits per heavy atom. The fraction of sp³-hybridized carbons (Fsp3) is 0.423. The third kappa shape index (κ3) is 6.79. The van der Waals surface area contributed by atoms with Crippen molar-refractivity contribution in [2.75, 3.05) is 5.73 Å². The lowest BCUT2D eigenvalue weighted by molar-refractivity contribution is -0.104. The number of carbonyl (C=O) groups excluding carboxylic acids is 1. The number of nitrogens with two attached hydrogens (primary N) is 1. The average Bonchev–Trinajstić information content (AvgIpc) is 2.76. The summed E-state index contributed by atoms with van der Waals surface area (Å²) in [4.78, 5) is 9.06. The third-order valence-electron chi connectivity index (χ3n) is 5.93. The Morgan fingerprint density at radius 2 is 1.73 bits per heavy atom. The van der Waals surface area contributed by atoms with E-state index < -0.39 is 5.82 Å². The van der Waals surface area contributed by atoms with Crippen molar-refractivity contribution in [3.8, 4) is 11.1 Å². The minimum Gasteiger partial charge on any atom is -0.396 e. The normalized spacial score (nSPS) is 18.2. The number of allylic oxidation sites excluding steroid dienone is 1. The standard InChI is InChI=1S/C23H29F2N.C3H4O/c1-2-3-4-5-16-6-8-17(9-7-16)18-10-12-20(21(24)14-18)19-11-13-23(26)22(25)15-19;1-2-3-4/h10-17H,2-9,26H2,1H3;2-3H,1H2. The Kier molecular flexibility index (Phi) is 9.72. The van der Waals surface area contributed by atoms with Gasteiger partial charge in [-0.2, -0.15) is 0 Å². The van der Waals surface area contributed by atoms with Crippen molar-refractivity contribution in [2.45, 2.75) is 64.2 Å². The highest BCUT2D eigenvalue weighted by Gasteiger charge is 2.23. The minimum atomic E-state index is -0.507. The van der Waals surface area contributed by atoms with E-state index in [9.17, 15) is 8.78 Å². The second kappa shape index (κ2) is 12.3. The number of benzene rings is 2. The maximum atomic E-state index is 14.7. The van der Waals surface area contributed by atoms with Crippen LogP contribution in [-0.2, 0) is 4.79 Å². The molecule has 2 nitrogen and oxygen atoms in total. The molecule has 2 aromatic rings. The van der Waals surface area contributed by atoms with Gasteiger partial charge in [-0.25, -0.2) is 8.78 Å². The van der Waals surface area contributed by atoms with Gasteiger partial charge in [-0.3, -0.25) is 4.79 Å². The lowest BCUT2D eigenvalue weighted by Gasteiger charge is -2.29. The summed E-state index contributed by atoms with van der Waals surface area (Å²) < 4.78 is 28.3. The lowest BCUT2D eigenvalue weighted by atomic mass is 9.77. The van der Waals surface area contributed by atoms with Crippen LogP contribution in [0.15, 0.2) is 49.1 Å². The molecule has 0 aromatic heterocycles. The maximum Gasteiger partial charge on any atom is 0.146 e. The zero-order chi connectivity index (χ0) is 21.9. The predicted molar refractivity (Wildman–Crippen MR) is 121 cm³/mol. The van der Waals surface area contributed by atoms with E-state index in [-0.39, 0.29) is 11.5 Å². The second-order valence-electron chi connectivity index (χ2n) is 8.06. The molecule has 0 unspecified atom stereocenters. The first-order chi connectivity index (χ1) is 14.5. The number of hydrogen-bond acceptors (Lipinski definition) is 2. The van der Waals surface area contributed by atoms with Crippen LogP contribution in [0.3, 0.4) is 0 Å². The molecule has 0 heterocycles. The smallest absolute Gasteiger partial charge is 0.146 e. The van der Waals surface area contributed by atoms with Gasteiger partial charge >= 0.3 is 0 Å². The van der Waals surface area contributed by atoms with Gasteiger partial charge in [0.2, 0.25) is 0 Å². The second-order valence-corrected chi connectivity index (χ2v) is 8.06. The highest BCUT2D eigenvalue weighted by Crippen LogP contribution is 2.39. The van der Waals surface area contributed by atoms with Gasteiger partial charge in [0, 0.05) is 5.56 Å².